The van der Waals surface area contributed by atoms with Crippen LogP contribution in [0.1, 0.15) is 24.1 Å². The number of nitrogens with zero attached hydrogens (tertiary/aromatic N) is 2. The van der Waals surface area contributed by atoms with Crippen molar-refractivity contribution in [3.63, 3.8) is 0 Å². The van der Waals surface area contributed by atoms with E-state index in [1.165, 1.54) is 12.1 Å². The summed E-state index contributed by atoms with van der Waals surface area (Å²) in [6.45, 7) is 5.49. The van der Waals surface area contributed by atoms with E-state index in [2.05, 4.69) is 5.32 Å². The number of anilines is 1. The largest absolute Gasteiger partial charge is 0.320 e. The van der Waals surface area contributed by atoms with Crippen LogP contribution in [0, 0.1) is 24.0 Å². The number of rotatable bonds is 4. The maximum Gasteiger partial charge on any atom is 0.293 e. The number of benzene rings is 1. The maximum absolute atomic E-state index is 12.3. The van der Waals surface area contributed by atoms with E-state index >= 15 is 0 Å². The molecule has 1 atom stereocenters. The van der Waals surface area contributed by atoms with Crippen LogP contribution in [0.15, 0.2) is 42.7 Å². The lowest BCUT2D eigenvalue weighted by atomic mass is 10.1. The third kappa shape index (κ3) is 3.46. The Bertz CT molecular complexity index is 728. The van der Waals surface area contributed by atoms with Gasteiger partial charge in [0.05, 0.1) is 4.92 Å². The number of nitro groups is 1. The summed E-state index contributed by atoms with van der Waals surface area (Å²) in [6, 6.07) is 7.85. The average molecular weight is 300 g/mol. The van der Waals surface area contributed by atoms with Crippen molar-refractivity contribution in [3.8, 4) is 0 Å². The molecule has 0 spiro atoms. The van der Waals surface area contributed by atoms with E-state index in [0.29, 0.717) is 11.3 Å². The highest BCUT2D eigenvalue weighted by Crippen LogP contribution is 2.21. The van der Waals surface area contributed by atoms with Crippen molar-refractivity contribution in [3.05, 3.63) is 64.0 Å². The zero-order valence-electron chi connectivity index (χ0n) is 12.7. The van der Waals surface area contributed by atoms with Crippen LogP contribution in [-0.4, -0.2) is 10.8 Å². The minimum absolute atomic E-state index is 0.0107. The molecule has 1 heterocycles. The molecule has 114 valence electrons. The van der Waals surface area contributed by atoms with Gasteiger partial charge in [0.15, 0.2) is 12.4 Å². The van der Waals surface area contributed by atoms with Crippen LogP contribution >= 0.6 is 0 Å². The molecule has 1 amide bonds. The number of pyridine rings is 1. The second kappa shape index (κ2) is 6.34. The maximum atomic E-state index is 12.3. The second-order valence-electron chi connectivity index (χ2n) is 5.25. The SMILES string of the molecule is Cc1ccc[n+](C(C)C(=O)Nc2ccc([N+](=O)[O-])cc2C)c1. The van der Waals surface area contributed by atoms with Gasteiger partial charge in [-0.05, 0) is 31.5 Å². The molecule has 6 nitrogen and oxygen atoms in total. The number of amides is 1. The standard InChI is InChI=1S/C16H17N3O3/c1-11-5-4-8-18(10-11)13(3)16(20)17-15-7-6-14(19(21)22)9-12(15)2/h4-10,13H,1-3H3/p+1. The van der Waals surface area contributed by atoms with Gasteiger partial charge >= 0.3 is 0 Å². The van der Waals surface area contributed by atoms with Gasteiger partial charge < -0.3 is 5.32 Å². The average Bonchev–Trinajstić information content (AvgIpc) is 2.48. The summed E-state index contributed by atoms with van der Waals surface area (Å²) < 4.78 is 1.82. The van der Waals surface area contributed by atoms with Crippen LogP contribution < -0.4 is 9.88 Å². The van der Waals surface area contributed by atoms with Crippen LogP contribution in [0.3, 0.4) is 0 Å². The second-order valence-corrected chi connectivity index (χ2v) is 5.25. The summed E-state index contributed by atoms with van der Waals surface area (Å²) in [5.74, 6) is -0.174. The molecule has 2 rings (SSSR count). The lowest BCUT2D eigenvalue weighted by Crippen LogP contribution is -2.44. The molecule has 6 heteroatoms. The number of nitrogens with one attached hydrogen (secondary N) is 1. The Hall–Kier alpha value is -2.76. The molecule has 1 N–H and O–H groups in total. The first kappa shape index (κ1) is 15.6. The molecule has 2 aromatic rings. The summed E-state index contributed by atoms with van der Waals surface area (Å²) in [4.78, 5) is 22.6. The Morgan fingerprint density at radius 3 is 2.64 bits per heavy atom. The number of aryl methyl sites for hydroxylation is 2. The lowest BCUT2D eigenvalue weighted by Gasteiger charge is -2.11. The van der Waals surface area contributed by atoms with Crippen LogP contribution in [-0.2, 0) is 4.79 Å². The first-order valence-electron chi connectivity index (χ1n) is 6.92. The molecule has 0 fully saturated rings. The van der Waals surface area contributed by atoms with Gasteiger partial charge in [0, 0.05) is 36.4 Å². The number of carbonyl (C=O) groups is 1. The Morgan fingerprint density at radius 1 is 1.32 bits per heavy atom. The highest BCUT2D eigenvalue weighted by Gasteiger charge is 2.22. The van der Waals surface area contributed by atoms with Crippen molar-refractivity contribution >= 4 is 17.3 Å². The Morgan fingerprint density at radius 2 is 2.05 bits per heavy atom. The molecule has 0 saturated heterocycles. The first-order chi connectivity index (χ1) is 10.4. The van der Waals surface area contributed by atoms with E-state index in [1.807, 2.05) is 36.0 Å². The molecule has 0 saturated carbocycles. The van der Waals surface area contributed by atoms with Crippen molar-refractivity contribution in [1.29, 1.82) is 0 Å². The van der Waals surface area contributed by atoms with Crippen molar-refractivity contribution in [2.24, 2.45) is 0 Å². The fourth-order valence-electron chi connectivity index (χ4n) is 2.13. The fourth-order valence-corrected chi connectivity index (χ4v) is 2.13. The smallest absolute Gasteiger partial charge is 0.293 e. The Balaban J connectivity index is 2.16. The van der Waals surface area contributed by atoms with E-state index in [9.17, 15) is 14.9 Å². The number of hydrogen-bond acceptors (Lipinski definition) is 3. The lowest BCUT2D eigenvalue weighted by molar-refractivity contribution is -0.705. The Kier molecular flexibility index (Phi) is 4.50. The normalized spacial score (nSPS) is 11.8. The van der Waals surface area contributed by atoms with Crippen LogP contribution in [0.25, 0.3) is 0 Å². The zero-order valence-corrected chi connectivity index (χ0v) is 12.7. The molecule has 22 heavy (non-hydrogen) atoms. The molecule has 1 unspecified atom stereocenters. The molecule has 0 radical (unpaired) electrons. The summed E-state index contributed by atoms with van der Waals surface area (Å²) in [5, 5.41) is 13.5. The minimum atomic E-state index is -0.455. The third-order valence-corrected chi connectivity index (χ3v) is 3.48. The van der Waals surface area contributed by atoms with Crippen molar-refractivity contribution < 1.29 is 14.3 Å². The molecule has 0 aliphatic heterocycles. The number of aromatic nitrogens is 1. The van der Waals surface area contributed by atoms with E-state index in [1.54, 1.807) is 19.9 Å². The van der Waals surface area contributed by atoms with Gasteiger partial charge in [-0.25, -0.2) is 0 Å². The summed E-state index contributed by atoms with van der Waals surface area (Å²) in [5.41, 5.74) is 2.31. The number of hydrogen-bond donors (Lipinski definition) is 1. The molecular weight excluding hydrogens is 282 g/mol. The Labute approximate surface area is 128 Å². The molecule has 1 aromatic heterocycles. The van der Waals surface area contributed by atoms with Crippen LogP contribution in [0.4, 0.5) is 11.4 Å². The molecule has 1 aromatic carbocycles. The molecule has 0 aliphatic rings. The van der Waals surface area contributed by atoms with E-state index < -0.39 is 4.92 Å². The van der Waals surface area contributed by atoms with Gasteiger partial charge in [0.1, 0.15) is 0 Å². The van der Waals surface area contributed by atoms with Crippen molar-refractivity contribution in [1.82, 2.24) is 0 Å². The van der Waals surface area contributed by atoms with Crippen molar-refractivity contribution in [2.45, 2.75) is 26.8 Å². The highest BCUT2D eigenvalue weighted by molar-refractivity contribution is 5.93. The first-order valence-corrected chi connectivity index (χ1v) is 6.92. The van der Waals surface area contributed by atoms with Gasteiger partial charge in [-0.1, -0.05) is 0 Å². The van der Waals surface area contributed by atoms with Crippen molar-refractivity contribution in [2.75, 3.05) is 5.32 Å². The van der Waals surface area contributed by atoms with Gasteiger partial charge in [0.2, 0.25) is 6.04 Å². The van der Waals surface area contributed by atoms with Crippen LogP contribution in [0.2, 0.25) is 0 Å². The monoisotopic (exact) mass is 300 g/mol. The summed E-state index contributed by atoms with van der Waals surface area (Å²) >= 11 is 0. The zero-order chi connectivity index (χ0) is 16.3. The predicted octanol–water partition coefficient (Wildman–Crippen LogP) is 2.70. The third-order valence-electron chi connectivity index (χ3n) is 3.48. The van der Waals surface area contributed by atoms with Gasteiger partial charge in [-0.2, -0.15) is 4.57 Å². The minimum Gasteiger partial charge on any atom is -0.320 e. The predicted molar refractivity (Wildman–Crippen MR) is 82.5 cm³/mol. The van der Waals surface area contributed by atoms with Gasteiger partial charge in [0.25, 0.3) is 11.6 Å². The van der Waals surface area contributed by atoms with Gasteiger partial charge in [-0.3, -0.25) is 14.9 Å². The van der Waals surface area contributed by atoms with Crippen LogP contribution in [0.5, 0.6) is 0 Å². The van der Waals surface area contributed by atoms with E-state index in [-0.39, 0.29) is 17.6 Å². The van der Waals surface area contributed by atoms with E-state index in [4.69, 9.17) is 0 Å². The number of nitro benzene ring substituents is 1. The van der Waals surface area contributed by atoms with Gasteiger partial charge in [-0.15, -0.1) is 0 Å². The quantitative estimate of drug-likeness (QED) is 0.536. The number of carbonyl (C=O) groups excluding carboxylic acids is 1. The molecular formula is C16H18N3O3+. The summed E-state index contributed by atoms with van der Waals surface area (Å²) in [6.07, 6.45) is 3.73. The fraction of sp³-hybridized carbons (Fsp3) is 0.250. The highest BCUT2D eigenvalue weighted by atomic mass is 16.6. The molecule has 0 aliphatic carbocycles. The van der Waals surface area contributed by atoms with E-state index in [0.717, 1.165) is 5.56 Å². The summed E-state index contributed by atoms with van der Waals surface area (Å²) in [7, 11) is 0. The number of non-ortho nitro benzene ring substituents is 1. The topological polar surface area (TPSA) is 76.1 Å². The molecule has 0 bridgehead atoms.